The number of rotatable bonds is 6. The maximum Gasteiger partial charge on any atom is 0.262 e. The van der Waals surface area contributed by atoms with E-state index in [0.29, 0.717) is 22.8 Å². The average Bonchev–Trinajstić information content (AvgIpc) is 3.23. The number of thiophene rings is 1. The topological polar surface area (TPSA) is 93.7 Å². The molecule has 0 bridgehead atoms. The van der Waals surface area contributed by atoms with Crippen molar-refractivity contribution in [2.45, 2.75) is 32.4 Å². The van der Waals surface area contributed by atoms with Crippen molar-refractivity contribution in [3.8, 4) is 11.5 Å². The van der Waals surface area contributed by atoms with E-state index in [9.17, 15) is 14.4 Å². The summed E-state index contributed by atoms with van der Waals surface area (Å²) in [5.41, 5.74) is 0. The molecule has 0 radical (unpaired) electrons. The van der Waals surface area contributed by atoms with Gasteiger partial charge in [-0.25, -0.2) is 0 Å². The van der Waals surface area contributed by atoms with Gasteiger partial charge >= 0.3 is 0 Å². The number of nitrogens with one attached hydrogen (secondary N) is 2. The van der Waals surface area contributed by atoms with E-state index in [2.05, 4.69) is 10.6 Å². The molecule has 1 aliphatic heterocycles. The predicted molar refractivity (Wildman–Crippen MR) is 127 cm³/mol. The van der Waals surface area contributed by atoms with Crippen LogP contribution in [0.1, 0.15) is 29.9 Å². The molecular formula is C25H26N2O5S. The highest BCUT2D eigenvalue weighted by Crippen LogP contribution is 2.28. The molecule has 2 atom stereocenters. The zero-order valence-electron chi connectivity index (χ0n) is 18.5. The Bertz CT molecular complexity index is 1140. The van der Waals surface area contributed by atoms with Gasteiger partial charge in [0.2, 0.25) is 5.91 Å². The fourth-order valence-electron chi connectivity index (χ4n) is 3.62. The molecule has 2 aromatic carbocycles. The lowest BCUT2D eigenvalue weighted by molar-refractivity contribution is -0.131. The summed E-state index contributed by atoms with van der Waals surface area (Å²) in [6, 6.07) is 15.0. The number of hydrogen-bond donors (Lipinski definition) is 2. The fourth-order valence-corrected chi connectivity index (χ4v) is 4.59. The minimum absolute atomic E-state index is 0.0103. The summed E-state index contributed by atoms with van der Waals surface area (Å²) in [4.78, 5) is 39.1. The van der Waals surface area contributed by atoms with E-state index in [1.54, 1.807) is 24.3 Å². The third kappa shape index (κ3) is 5.51. The lowest BCUT2D eigenvalue weighted by Crippen LogP contribution is -2.54. The summed E-state index contributed by atoms with van der Waals surface area (Å²) in [5, 5.41) is 6.58. The Morgan fingerprint density at radius 3 is 2.48 bits per heavy atom. The van der Waals surface area contributed by atoms with E-state index >= 15 is 0 Å². The van der Waals surface area contributed by atoms with Crippen molar-refractivity contribution in [3.05, 3.63) is 59.5 Å². The van der Waals surface area contributed by atoms with E-state index in [4.69, 9.17) is 9.47 Å². The number of benzene rings is 2. The first-order chi connectivity index (χ1) is 15.9. The van der Waals surface area contributed by atoms with Crippen LogP contribution in [-0.2, 0) is 9.59 Å². The van der Waals surface area contributed by atoms with Gasteiger partial charge in [0, 0.05) is 4.70 Å². The first kappa shape index (κ1) is 22.8. The van der Waals surface area contributed by atoms with Crippen molar-refractivity contribution < 1.29 is 23.9 Å². The van der Waals surface area contributed by atoms with Gasteiger partial charge in [-0.05, 0) is 42.0 Å². The van der Waals surface area contributed by atoms with E-state index in [1.807, 2.05) is 44.2 Å². The van der Waals surface area contributed by atoms with Crippen molar-refractivity contribution in [1.82, 2.24) is 10.6 Å². The Morgan fingerprint density at radius 2 is 1.76 bits per heavy atom. The molecule has 8 heteroatoms. The molecule has 0 saturated carbocycles. The SMILES string of the molecule is CC(C)CC(NC(=O)c1cc2ccccc2s1)C(=O)N[C@H]1COc2ccccc2OCC1=O. The summed E-state index contributed by atoms with van der Waals surface area (Å²) in [5.74, 6) is 0.133. The van der Waals surface area contributed by atoms with Crippen LogP contribution in [0.4, 0.5) is 0 Å². The Balaban J connectivity index is 1.45. The number of ketones is 1. The summed E-state index contributed by atoms with van der Waals surface area (Å²) in [7, 11) is 0. The van der Waals surface area contributed by atoms with Gasteiger partial charge in [0.25, 0.3) is 5.91 Å². The molecule has 0 saturated heterocycles. The van der Waals surface area contributed by atoms with Gasteiger partial charge in [-0.15, -0.1) is 11.3 Å². The van der Waals surface area contributed by atoms with E-state index < -0.39 is 18.0 Å². The van der Waals surface area contributed by atoms with Crippen molar-refractivity contribution in [3.63, 3.8) is 0 Å². The summed E-state index contributed by atoms with van der Waals surface area (Å²) in [6.45, 7) is 3.76. The summed E-state index contributed by atoms with van der Waals surface area (Å²) < 4.78 is 12.3. The number of amides is 2. The standard InChI is InChI=1S/C25H26N2O5S/c1-15(2)11-17(26-25(30)23-12-16-7-3-6-10-22(16)33-23)24(29)27-18-13-31-20-8-4-5-9-21(20)32-14-19(18)28/h3-10,12,15,17-18H,11,13-14H2,1-2H3,(H,26,30)(H,27,29)/t17?,18-/m0/s1. The van der Waals surface area contributed by atoms with Crippen LogP contribution in [0.25, 0.3) is 10.1 Å². The quantitative estimate of drug-likeness (QED) is 0.579. The summed E-state index contributed by atoms with van der Waals surface area (Å²) >= 11 is 1.38. The molecule has 2 heterocycles. The number of Topliss-reactive ketones (excluding diaryl/α,β-unsaturated/α-hetero) is 1. The van der Waals surface area contributed by atoms with Gasteiger partial charge < -0.3 is 20.1 Å². The molecule has 0 aliphatic carbocycles. The monoisotopic (exact) mass is 466 g/mol. The molecule has 1 unspecified atom stereocenters. The van der Waals surface area contributed by atoms with Crippen molar-refractivity contribution >= 4 is 39.0 Å². The first-order valence-electron chi connectivity index (χ1n) is 10.9. The van der Waals surface area contributed by atoms with Crippen LogP contribution in [0.2, 0.25) is 0 Å². The molecule has 2 N–H and O–H groups in total. The third-order valence-electron chi connectivity index (χ3n) is 5.31. The molecule has 0 spiro atoms. The first-order valence-corrected chi connectivity index (χ1v) is 11.7. The Kier molecular flexibility index (Phi) is 6.93. The van der Waals surface area contributed by atoms with Crippen LogP contribution in [0.5, 0.6) is 11.5 Å². The molecular weight excluding hydrogens is 440 g/mol. The van der Waals surface area contributed by atoms with Crippen molar-refractivity contribution in [2.24, 2.45) is 5.92 Å². The molecule has 33 heavy (non-hydrogen) atoms. The third-order valence-corrected chi connectivity index (χ3v) is 6.42. The van der Waals surface area contributed by atoms with Gasteiger partial charge in [-0.3, -0.25) is 14.4 Å². The van der Waals surface area contributed by atoms with Gasteiger partial charge in [-0.1, -0.05) is 44.2 Å². The largest absolute Gasteiger partial charge is 0.487 e. The van der Waals surface area contributed by atoms with Crippen LogP contribution >= 0.6 is 11.3 Å². The van der Waals surface area contributed by atoms with Crippen molar-refractivity contribution in [2.75, 3.05) is 13.2 Å². The average molecular weight is 467 g/mol. The predicted octanol–water partition coefficient (Wildman–Crippen LogP) is 3.57. The zero-order valence-corrected chi connectivity index (χ0v) is 19.3. The molecule has 2 amide bonds. The van der Waals surface area contributed by atoms with Crippen LogP contribution in [0.15, 0.2) is 54.6 Å². The normalized spacial score (nSPS) is 16.7. The molecule has 4 rings (SSSR count). The zero-order chi connectivity index (χ0) is 23.4. The van der Waals surface area contributed by atoms with E-state index in [-0.39, 0.29) is 30.8 Å². The molecule has 172 valence electrons. The van der Waals surface area contributed by atoms with E-state index in [1.165, 1.54) is 11.3 Å². The molecule has 3 aromatic rings. The van der Waals surface area contributed by atoms with Crippen LogP contribution < -0.4 is 20.1 Å². The van der Waals surface area contributed by atoms with Gasteiger partial charge in [0.15, 0.2) is 17.3 Å². The lowest BCUT2D eigenvalue weighted by Gasteiger charge is -2.25. The molecule has 1 aromatic heterocycles. The molecule has 0 fully saturated rings. The fraction of sp³-hybridized carbons (Fsp3) is 0.320. The highest BCUT2D eigenvalue weighted by Gasteiger charge is 2.30. The second-order valence-electron chi connectivity index (χ2n) is 8.38. The number of carbonyl (C=O) groups is 3. The smallest absolute Gasteiger partial charge is 0.262 e. The summed E-state index contributed by atoms with van der Waals surface area (Å²) in [6.07, 6.45) is 0.434. The van der Waals surface area contributed by atoms with Crippen LogP contribution in [-0.4, -0.2) is 42.9 Å². The number of ether oxygens (including phenoxy) is 2. The number of fused-ring (bicyclic) bond motifs is 2. The van der Waals surface area contributed by atoms with Crippen LogP contribution in [0, 0.1) is 5.92 Å². The second kappa shape index (κ2) is 10.0. The Morgan fingerprint density at radius 1 is 1.06 bits per heavy atom. The van der Waals surface area contributed by atoms with Crippen molar-refractivity contribution in [1.29, 1.82) is 0 Å². The van der Waals surface area contributed by atoms with Gasteiger partial charge in [0.05, 0.1) is 4.88 Å². The second-order valence-corrected chi connectivity index (χ2v) is 9.46. The highest BCUT2D eigenvalue weighted by molar-refractivity contribution is 7.20. The van der Waals surface area contributed by atoms with Gasteiger partial charge in [-0.2, -0.15) is 0 Å². The van der Waals surface area contributed by atoms with E-state index in [0.717, 1.165) is 10.1 Å². The minimum atomic E-state index is -0.873. The number of carbonyl (C=O) groups excluding carboxylic acids is 3. The molecule has 7 nitrogen and oxygen atoms in total. The lowest BCUT2D eigenvalue weighted by atomic mass is 10.0. The highest BCUT2D eigenvalue weighted by atomic mass is 32.1. The maximum absolute atomic E-state index is 13.1. The van der Waals surface area contributed by atoms with Gasteiger partial charge in [0.1, 0.15) is 25.3 Å². The number of hydrogen-bond acceptors (Lipinski definition) is 6. The molecule has 1 aliphatic rings. The Hall–Kier alpha value is -3.39. The number of para-hydroxylation sites is 2. The van der Waals surface area contributed by atoms with Crippen LogP contribution in [0.3, 0.4) is 0 Å². The minimum Gasteiger partial charge on any atom is -0.487 e. The maximum atomic E-state index is 13.1. The Labute approximate surface area is 196 Å².